The average molecular weight is 386 g/mol. The second-order valence-electron chi connectivity index (χ2n) is 3.62. The van der Waals surface area contributed by atoms with Gasteiger partial charge < -0.3 is 10.6 Å². The topological polar surface area (TPSA) is 66.9 Å². The minimum Gasteiger partial charge on any atom is -0.372 e. The number of nitrogens with one attached hydrogen (secondary N) is 2. The van der Waals surface area contributed by atoms with E-state index in [0.29, 0.717) is 17.2 Å². The van der Waals surface area contributed by atoms with Crippen molar-refractivity contribution in [3.05, 3.63) is 45.1 Å². The highest BCUT2D eigenvalue weighted by atomic mass is 79.9. The van der Waals surface area contributed by atoms with Gasteiger partial charge in [-0.25, -0.2) is 9.97 Å². The van der Waals surface area contributed by atoms with Gasteiger partial charge >= 0.3 is 0 Å². The zero-order valence-corrected chi connectivity index (χ0v) is 13.1. The van der Waals surface area contributed by atoms with Gasteiger partial charge in [-0.15, -0.1) is 0 Å². The first kappa shape index (κ1) is 14.0. The van der Waals surface area contributed by atoms with Gasteiger partial charge in [-0.2, -0.15) is 0 Å². The number of anilines is 2. The normalized spacial score (nSPS) is 10.1. The fourth-order valence-corrected chi connectivity index (χ4v) is 2.01. The first-order valence-corrected chi connectivity index (χ1v) is 6.95. The van der Waals surface area contributed by atoms with E-state index in [-0.39, 0.29) is 5.91 Å². The molecule has 1 amide bonds. The lowest BCUT2D eigenvalue weighted by molar-refractivity contribution is 0.102. The number of hydrogen-bond donors (Lipinski definition) is 2. The lowest BCUT2D eigenvalue weighted by atomic mass is 10.2. The van der Waals surface area contributed by atoms with Crippen LogP contribution >= 0.6 is 31.9 Å². The van der Waals surface area contributed by atoms with Gasteiger partial charge in [-0.3, -0.25) is 4.79 Å². The molecule has 0 fully saturated rings. The monoisotopic (exact) mass is 384 g/mol. The lowest BCUT2D eigenvalue weighted by Gasteiger charge is -2.09. The van der Waals surface area contributed by atoms with Crippen molar-refractivity contribution in [3.63, 3.8) is 0 Å². The molecule has 0 unspecified atom stereocenters. The Morgan fingerprint density at radius 3 is 2.53 bits per heavy atom. The number of amides is 1. The number of rotatable bonds is 3. The van der Waals surface area contributed by atoms with E-state index in [0.717, 1.165) is 8.95 Å². The zero-order chi connectivity index (χ0) is 13.8. The summed E-state index contributed by atoms with van der Waals surface area (Å²) >= 11 is 6.58. The van der Waals surface area contributed by atoms with Gasteiger partial charge in [-0.05, 0) is 50.1 Å². The van der Waals surface area contributed by atoms with Crippen molar-refractivity contribution in [2.75, 3.05) is 17.7 Å². The van der Waals surface area contributed by atoms with Crippen molar-refractivity contribution in [1.82, 2.24) is 9.97 Å². The van der Waals surface area contributed by atoms with Crippen LogP contribution < -0.4 is 10.6 Å². The minimum atomic E-state index is -0.270. The first-order valence-electron chi connectivity index (χ1n) is 5.36. The second-order valence-corrected chi connectivity index (χ2v) is 5.45. The van der Waals surface area contributed by atoms with E-state index in [2.05, 4.69) is 52.5 Å². The molecule has 98 valence electrons. The first-order chi connectivity index (χ1) is 9.10. The fraction of sp³-hybridized carbons (Fsp3) is 0.0833. The predicted octanol–water partition coefficient (Wildman–Crippen LogP) is 3.30. The molecule has 0 atom stereocenters. The van der Waals surface area contributed by atoms with Gasteiger partial charge in [0, 0.05) is 28.4 Å². The van der Waals surface area contributed by atoms with E-state index in [4.69, 9.17) is 0 Å². The van der Waals surface area contributed by atoms with Crippen LogP contribution in [0.25, 0.3) is 0 Å². The maximum absolute atomic E-state index is 12.2. The van der Waals surface area contributed by atoms with E-state index in [1.165, 1.54) is 0 Å². The van der Waals surface area contributed by atoms with E-state index in [1.54, 1.807) is 37.6 Å². The Kier molecular flexibility index (Phi) is 4.49. The standard InChI is InChI=1S/C12H10Br2N4O/c1-15-11-9(4-8(14)6-17-11)12(19)18-10-3-2-7(13)5-16-10/h2-6H,1H3,(H,15,17)(H,16,18,19). The number of hydrogen-bond acceptors (Lipinski definition) is 4. The summed E-state index contributed by atoms with van der Waals surface area (Å²) in [5.74, 6) is 0.723. The summed E-state index contributed by atoms with van der Waals surface area (Å²) < 4.78 is 1.59. The molecule has 2 aromatic rings. The van der Waals surface area contributed by atoms with Gasteiger partial charge in [0.2, 0.25) is 0 Å². The number of halogens is 2. The molecule has 0 saturated carbocycles. The molecule has 2 N–H and O–H groups in total. The van der Waals surface area contributed by atoms with Crippen LogP contribution in [0.4, 0.5) is 11.6 Å². The third-order valence-corrected chi connectivity index (χ3v) is 3.21. The molecule has 5 nitrogen and oxygen atoms in total. The third-order valence-electron chi connectivity index (χ3n) is 2.30. The van der Waals surface area contributed by atoms with Crippen LogP contribution in [0.1, 0.15) is 10.4 Å². The number of aromatic nitrogens is 2. The maximum Gasteiger partial charge on any atom is 0.260 e. The van der Waals surface area contributed by atoms with E-state index in [9.17, 15) is 4.79 Å². The van der Waals surface area contributed by atoms with Crippen molar-refractivity contribution in [1.29, 1.82) is 0 Å². The highest BCUT2D eigenvalue weighted by Crippen LogP contribution is 2.19. The van der Waals surface area contributed by atoms with Crippen LogP contribution in [0.3, 0.4) is 0 Å². The van der Waals surface area contributed by atoms with E-state index < -0.39 is 0 Å². The molecule has 0 bridgehead atoms. The van der Waals surface area contributed by atoms with Crippen molar-refractivity contribution in [2.24, 2.45) is 0 Å². The molecular weight excluding hydrogens is 376 g/mol. The Morgan fingerprint density at radius 1 is 1.16 bits per heavy atom. The lowest BCUT2D eigenvalue weighted by Crippen LogP contribution is -2.15. The molecule has 2 rings (SSSR count). The van der Waals surface area contributed by atoms with Gasteiger partial charge in [-0.1, -0.05) is 0 Å². The molecule has 0 saturated heterocycles. The van der Waals surface area contributed by atoms with Crippen LogP contribution in [0.5, 0.6) is 0 Å². The Hall–Kier alpha value is -1.47. The summed E-state index contributed by atoms with van der Waals surface area (Å²) in [6.45, 7) is 0. The summed E-state index contributed by atoms with van der Waals surface area (Å²) in [5, 5.41) is 5.59. The van der Waals surface area contributed by atoms with Crippen LogP contribution in [-0.4, -0.2) is 22.9 Å². The number of pyridine rings is 2. The molecule has 19 heavy (non-hydrogen) atoms. The average Bonchev–Trinajstić information content (AvgIpc) is 2.41. The molecule has 2 heterocycles. The second kappa shape index (κ2) is 6.12. The Balaban J connectivity index is 2.24. The van der Waals surface area contributed by atoms with Crippen molar-refractivity contribution in [2.45, 2.75) is 0 Å². The van der Waals surface area contributed by atoms with Crippen LogP contribution in [0.15, 0.2) is 39.5 Å². The molecule has 0 aromatic carbocycles. The highest BCUT2D eigenvalue weighted by Gasteiger charge is 2.13. The maximum atomic E-state index is 12.2. The Morgan fingerprint density at radius 2 is 1.89 bits per heavy atom. The Labute approximate surface area is 127 Å². The molecule has 7 heteroatoms. The fourth-order valence-electron chi connectivity index (χ4n) is 1.44. The summed E-state index contributed by atoms with van der Waals surface area (Å²) in [6.07, 6.45) is 3.24. The van der Waals surface area contributed by atoms with E-state index >= 15 is 0 Å². The van der Waals surface area contributed by atoms with Gasteiger partial charge in [0.1, 0.15) is 11.6 Å². The SMILES string of the molecule is CNc1ncc(Br)cc1C(=O)Nc1ccc(Br)cn1. The molecule has 0 radical (unpaired) electrons. The number of carbonyl (C=O) groups is 1. The number of carbonyl (C=O) groups excluding carboxylic acids is 1. The largest absolute Gasteiger partial charge is 0.372 e. The third kappa shape index (κ3) is 3.51. The predicted molar refractivity (Wildman–Crippen MR) is 81.4 cm³/mol. The van der Waals surface area contributed by atoms with Crippen molar-refractivity contribution >= 4 is 49.4 Å². The Bertz CT molecular complexity index is 601. The van der Waals surface area contributed by atoms with Crippen LogP contribution in [0, 0.1) is 0 Å². The van der Waals surface area contributed by atoms with Gasteiger partial charge in [0.05, 0.1) is 5.56 Å². The zero-order valence-electron chi connectivity index (χ0n) is 9.95. The van der Waals surface area contributed by atoms with Crippen molar-refractivity contribution < 1.29 is 4.79 Å². The molecule has 0 aliphatic rings. The van der Waals surface area contributed by atoms with Crippen LogP contribution in [-0.2, 0) is 0 Å². The molecular formula is C12H10Br2N4O. The van der Waals surface area contributed by atoms with Crippen molar-refractivity contribution in [3.8, 4) is 0 Å². The summed E-state index contributed by atoms with van der Waals surface area (Å²) in [6, 6.07) is 5.22. The van der Waals surface area contributed by atoms with Gasteiger partial charge in [0.25, 0.3) is 5.91 Å². The summed E-state index contributed by atoms with van der Waals surface area (Å²) in [7, 11) is 1.71. The quantitative estimate of drug-likeness (QED) is 0.850. The van der Waals surface area contributed by atoms with Gasteiger partial charge in [0.15, 0.2) is 0 Å². The molecule has 0 spiro atoms. The minimum absolute atomic E-state index is 0.270. The highest BCUT2D eigenvalue weighted by molar-refractivity contribution is 9.10. The molecule has 0 aliphatic heterocycles. The van der Waals surface area contributed by atoms with Crippen LogP contribution in [0.2, 0.25) is 0 Å². The van der Waals surface area contributed by atoms with E-state index in [1.807, 2.05) is 0 Å². The smallest absolute Gasteiger partial charge is 0.260 e. The molecule has 2 aromatic heterocycles. The summed E-state index contributed by atoms with van der Waals surface area (Å²) in [5.41, 5.74) is 0.446. The summed E-state index contributed by atoms with van der Waals surface area (Å²) in [4.78, 5) is 20.4. The molecule has 0 aliphatic carbocycles. The number of nitrogens with zero attached hydrogens (tertiary/aromatic N) is 2.